The fourth-order valence-corrected chi connectivity index (χ4v) is 6.08. The predicted molar refractivity (Wildman–Crippen MR) is 132 cm³/mol. The summed E-state index contributed by atoms with van der Waals surface area (Å²) in [7, 11) is -3.32. The molecule has 192 valence electrons. The average Bonchev–Trinajstić information content (AvgIpc) is 2.79. The van der Waals surface area contributed by atoms with Crippen molar-refractivity contribution < 1.29 is 27.1 Å². The van der Waals surface area contributed by atoms with Crippen LogP contribution in [0.1, 0.15) is 61.4 Å². The number of rotatable bonds is 11. The summed E-state index contributed by atoms with van der Waals surface area (Å²) in [4.78, 5) is 12.4. The van der Waals surface area contributed by atoms with E-state index >= 15 is 0 Å². The van der Waals surface area contributed by atoms with Gasteiger partial charge in [0.15, 0.2) is 9.84 Å². The van der Waals surface area contributed by atoms with Crippen LogP contribution in [-0.4, -0.2) is 43.9 Å². The smallest absolute Gasteiger partial charge is 0.220 e. The van der Waals surface area contributed by atoms with Gasteiger partial charge in [0.25, 0.3) is 0 Å². The minimum Gasteiger partial charge on any atom is -0.390 e. The molecule has 0 aromatic heterocycles. The number of unbranched alkanes of at least 4 members (excludes halogenated alkanes) is 1. The molecule has 35 heavy (non-hydrogen) atoms. The summed E-state index contributed by atoms with van der Waals surface area (Å²) < 4.78 is 52.4. The fourth-order valence-electron chi connectivity index (χ4n) is 4.42. The predicted octanol–water partition coefficient (Wildman–Crippen LogP) is 3.36. The molecule has 1 aliphatic rings. The van der Waals surface area contributed by atoms with Crippen molar-refractivity contribution in [2.45, 2.75) is 69.9 Å². The third kappa shape index (κ3) is 7.81. The lowest BCUT2D eigenvalue weighted by Gasteiger charge is -2.30. The van der Waals surface area contributed by atoms with Gasteiger partial charge >= 0.3 is 0 Å². The molecule has 0 unspecified atom stereocenters. The number of nitrogens with one attached hydrogen (secondary N) is 2. The summed E-state index contributed by atoms with van der Waals surface area (Å²) in [5, 5.41) is 16.9. The van der Waals surface area contributed by atoms with E-state index in [2.05, 4.69) is 10.6 Å². The van der Waals surface area contributed by atoms with E-state index in [9.17, 15) is 27.1 Å². The molecule has 0 aliphatic carbocycles. The van der Waals surface area contributed by atoms with Crippen molar-refractivity contribution in [2.24, 2.45) is 0 Å². The van der Waals surface area contributed by atoms with Crippen molar-refractivity contribution in [1.29, 1.82) is 0 Å². The van der Waals surface area contributed by atoms with Crippen molar-refractivity contribution >= 4 is 15.7 Å². The van der Waals surface area contributed by atoms with E-state index in [4.69, 9.17) is 0 Å². The SMILES string of the molecule is CCCCC(=O)N[C@@H](Cc1cc(F)cc(F)c1)[C@H](O)CN[C@H]1CS(=O)(=O)Cc2ccc(CC)cc21. The van der Waals surface area contributed by atoms with Gasteiger partial charge in [-0.15, -0.1) is 0 Å². The largest absolute Gasteiger partial charge is 0.390 e. The standard InChI is InChI=1S/C26H34F2N2O4S/c1-3-5-6-26(32)30-23(12-18-9-20(27)13-21(28)10-18)25(31)14-29-24-16-35(33,34)15-19-8-7-17(4-2)11-22(19)24/h7-11,13,23-25,29,31H,3-6,12,14-16H2,1-2H3,(H,30,32)/t23-,24-,25+/m0/s1. The normalized spacial score (nSPS) is 18.5. The summed E-state index contributed by atoms with van der Waals surface area (Å²) in [6.45, 7) is 3.97. The molecular formula is C26H34F2N2O4S. The lowest BCUT2D eigenvalue weighted by Crippen LogP contribution is -2.49. The molecule has 0 bridgehead atoms. The number of hydrogen-bond acceptors (Lipinski definition) is 5. The number of hydrogen-bond donors (Lipinski definition) is 3. The van der Waals surface area contributed by atoms with E-state index in [1.807, 2.05) is 32.0 Å². The number of aliphatic hydroxyl groups excluding tert-OH is 1. The first-order valence-electron chi connectivity index (χ1n) is 12.1. The minimum absolute atomic E-state index is 0.00744. The van der Waals surface area contributed by atoms with Gasteiger partial charge in [0.05, 0.1) is 23.7 Å². The molecule has 0 fully saturated rings. The van der Waals surface area contributed by atoms with Gasteiger partial charge < -0.3 is 15.7 Å². The van der Waals surface area contributed by atoms with Crippen LogP contribution in [0.5, 0.6) is 0 Å². The number of amides is 1. The molecular weight excluding hydrogens is 474 g/mol. The van der Waals surface area contributed by atoms with Crippen LogP contribution in [0.2, 0.25) is 0 Å². The zero-order chi connectivity index (χ0) is 25.6. The molecule has 0 saturated carbocycles. The minimum atomic E-state index is -3.32. The van der Waals surface area contributed by atoms with Crippen molar-refractivity contribution in [3.8, 4) is 0 Å². The number of aryl methyl sites for hydroxylation is 1. The number of sulfone groups is 1. The first-order valence-corrected chi connectivity index (χ1v) is 13.9. The monoisotopic (exact) mass is 508 g/mol. The Kier molecular flexibility index (Phi) is 9.38. The van der Waals surface area contributed by atoms with Crippen LogP contribution in [0.4, 0.5) is 8.78 Å². The van der Waals surface area contributed by atoms with Crippen LogP contribution in [0.3, 0.4) is 0 Å². The van der Waals surface area contributed by atoms with Crippen molar-refractivity contribution in [1.82, 2.24) is 10.6 Å². The zero-order valence-corrected chi connectivity index (χ0v) is 21.0. The van der Waals surface area contributed by atoms with Gasteiger partial charge in [-0.25, -0.2) is 17.2 Å². The molecule has 2 aromatic rings. The van der Waals surface area contributed by atoms with Crippen molar-refractivity contribution in [3.05, 3.63) is 70.3 Å². The molecule has 6 nitrogen and oxygen atoms in total. The summed E-state index contributed by atoms with van der Waals surface area (Å²) >= 11 is 0. The maximum absolute atomic E-state index is 13.7. The van der Waals surface area contributed by atoms with E-state index < -0.39 is 39.7 Å². The third-order valence-electron chi connectivity index (χ3n) is 6.31. The second-order valence-electron chi connectivity index (χ2n) is 9.23. The van der Waals surface area contributed by atoms with Gasteiger partial charge in [0.1, 0.15) is 11.6 Å². The highest BCUT2D eigenvalue weighted by Gasteiger charge is 2.31. The maximum Gasteiger partial charge on any atom is 0.220 e. The van der Waals surface area contributed by atoms with Crippen LogP contribution in [0, 0.1) is 11.6 Å². The van der Waals surface area contributed by atoms with Gasteiger partial charge in [-0.3, -0.25) is 4.79 Å². The number of benzene rings is 2. The molecule has 0 saturated heterocycles. The van der Waals surface area contributed by atoms with E-state index in [-0.39, 0.29) is 36.8 Å². The Bertz CT molecular complexity index is 1120. The second-order valence-corrected chi connectivity index (χ2v) is 11.3. The van der Waals surface area contributed by atoms with E-state index in [0.717, 1.165) is 35.6 Å². The van der Waals surface area contributed by atoms with Crippen molar-refractivity contribution in [2.75, 3.05) is 12.3 Å². The Morgan fingerprint density at radius 2 is 1.83 bits per heavy atom. The molecule has 3 rings (SSSR count). The highest BCUT2D eigenvalue weighted by Crippen LogP contribution is 2.29. The van der Waals surface area contributed by atoms with E-state index in [0.29, 0.717) is 12.0 Å². The average molecular weight is 509 g/mol. The molecule has 1 heterocycles. The highest BCUT2D eigenvalue weighted by atomic mass is 32.2. The van der Waals surface area contributed by atoms with Crippen LogP contribution in [0.25, 0.3) is 0 Å². The molecule has 0 radical (unpaired) electrons. The Hall–Kier alpha value is -2.36. The number of carbonyl (C=O) groups is 1. The number of halogens is 2. The van der Waals surface area contributed by atoms with Crippen LogP contribution < -0.4 is 10.6 Å². The molecule has 2 aromatic carbocycles. The summed E-state index contributed by atoms with van der Waals surface area (Å²) in [6, 6.07) is 7.55. The Morgan fingerprint density at radius 3 is 2.49 bits per heavy atom. The third-order valence-corrected chi connectivity index (χ3v) is 7.90. The van der Waals surface area contributed by atoms with Gasteiger partial charge in [-0.05, 0) is 53.6 Å². The van der Waals surface area contributed by atoms with Crippen LogP contribution in [-0.2, 0) is 33.2 Å². The summed E-state index contributed by atoms with van der Waals surface area (Å²) in [5.41, 5.74) is 3.02. The molecule has 1 aliphatic heterocycles. The van der Waals surface area contributed by atoms with E-state index in [1.165, 1.54) is 12.1 Å². The zero-order valence-electron chi connectivity index (χ0n) is 20.2. The molecule has 3 atom stereocenters. The number of carbonyl (C=O) groups excluding carboxylic acids is 1. The van der Waals surface area contributed by atoms with Gasteiger partial charge in [0, 0.05) is 25.1 Å². The van der Waals surface area contributed by atoms with Gasteiger partial charge in [-0.2, -0.15) is 0 Å². The summed E-state index contributed by atoms with van der Waals surface area (Å²) in [6.07, 6.45) is 1.50. The van der Waals surface area contributed by atoms with Crippen LogP contribution >= 0.6 is 0 Å². The second kappa shape index (κ2) is 12.1. The molecule has 1 amide bonds. The summed E-state index contributed by atoms with van der Waals surface area (Å²) in [5.74, 6) is -1.85. The molecule has 0 spiro atoms. The number of fused-ring (bicyclic) bond motifs is 1. The first kappa shape index (κ1) is 27.2. The first-order chi connectivity index (χ1) is 16.6. The topological polar surface area (TPSA) is 95.5 Å². The molecule has 3 N–H and O–H groups in total. The van der Waals surface area contributed by atoms with Gasteiger partial charge in [-0.1, -0.05) is 38.5 Å². The lowest BCUT2D eigenvalue weighted by molar-refractivity contribution is -0.122. The number of aliphatic hydroxyl groups is 1. The van der Waals surface area contributed by atoms with E-state index in [1.54, 1.807) is 0 Å². The Morgan fingerprint density at radius 1 is 1.11 bits per heavy atom. The van der Waals surface area contributed by atoms with Gasteiger partial charge in [0.2, 0.25) is 5.91 Å². The Labute approximate surface area is 206 Å². The quantitative estimate of drug-likeness (QED) is 0.433. The van der Waals surface area contributed by atoms with Crippen LogP contribution in [0.15, 0.2) is 36.4 Å². The Balaban J connectivity index is 1.77. The van der Waals surface area contributed by atoms with Crippen molar-refractivity contribution in [3.63, 3.8) is 0 Å². The highest BCUT2D eigenvalue weighted by molar-refractivity contribution is 7.90. The molecule has 9 heteroatoms. The fraction of sp³-hybridized carbons (Fsp3) is 0.500. The maximum atomic E-state index is 13.7. The lowest BCUT2D eigenvalue weighted by atomic mass is 9.97.